The fourth-order valence-electron chi connectivity index (χ4n) is 2.08. The Morgan fingerprint density at radius 2 is 2.19 bits per heavy atom. The summed E-state index contributed by atoms with van der Waals surface area (Å²) in [6.45, 7) is 1.01. The second-order valence-electron chi connectivity index (χ2n) is 5.22. The predicted molar refractivity (Wildman–Crippen MR) is 102 cm³/mol. The summed E-state index contributed by atoms with van der Waals surface area (Å²) in [5.41, 5.74) is 0.989. The Morgan fingerprint density at radius 1 is 1.27 bits per heavy atom. The number of ether oxygens (including phenoxy) is 1. The van der Waals surface area contributed by atoms with Gasteiger partial charge in [0, 0.05) is 6.54 Å². The smallest absolute Gasteiger partial charge is 0.230 e. The molecule has 0 unspecified atom stereocenters. The van der Waals surface area contributed by atoms with Crippen molar-refractivity contribution < 1.29 is 13.9 Å². The van der Waals surface area contributed by atoms with E-state index in [9.17, 15) is 4.79 Å². The average Bonchev–Trinajstić information content (AvgIpc) is 3.35. The second-order valence-corrected chi connectivity index (χ2v) is 7.42. The van der Waals surface area contributed by atoms with E-state index in [0.717, 1.165) is 21.4 Å². The fraction of sp³-hybridized carbons (Fsp3) is 0.235. The lowest BCUT2D eigenvalue weighted by atomic mass is 10.2. The molecule has 2 heterocycles. The first-order valence-corrected chi connectivity index (χ1v) is 9.65. The molecule has 1 amide bonds. The van der Waals surface area contributed by atoms with E-state index in [0.29, 0.717) is 18.2 Å². The molecule has 1 aromatic carbocycles. The third-order valence-electron chi connectivity index (χ3n) is 3.35. The highest BCUT2D eigenvalue weighted by Crippen LogP contribution is 2.25. The minimum absolute atomic E-state index is 0.0573. The maximum Gasteiger partial charge on any atom is 0.230 e. The number of nitrogens with one attached hydrogen (secondary N) is 2. The molecule has 3 rings (SSSR count). The summed E-state index contributed by atoms with van der Waals surface area (Å²) in [4.78, 5) is 12.0. The van der Waals surface area contributed by atoms with Crippen LogP contribution in [-0.2, 0) is 17.9 Å². The number of hydrogen-bond acceptors (Lipinski definition) is 8. The van der Waals surface area contributed by atoms with Gasteiger partial charge in [-0.25, -0.2) is 0 Å². The molecule has 0 spiro atoms. The van der Waals surface area contributed by atoms with Crippen molar-refractivity contribution in [2.24, 2.45) is 0 Å². The summed E-state index contributed by atoms with van der Waals surface area (Å²) in [6, 6.07) is 11.3. The first-order chi connectivity index (χ1) is 12.7. The van der Waals surface area contributed by atoms with Crippen LogP contribution >= 0.6 is 23.1 Å². The number of thioether (sulfide) groups is 1. The van der Waals surface area contributed by atoms with Crippen LogP contribution in [0.1, 0.15) is 11.3 Å². The summed E-state index contributed by atoms with van der Waals surface area (Å²) in [5.74, 6) is 1.83. The molecule has 26 heavy (non-hydrogen) atoms. The molecule has 0 fully saturated rings. The molecule has 0 saturated carbocycles. The van der Waals surface area contributed by atoms with Crippen molar-refractivity contribution in [3.63, 3.8) is 0 Å². The van der Waals surface area contributed by atoms with Crippen molar-refractivity contribution >= 4 is 34.1 Å². The Kier molecular flexibility index (Phi) is 6.50. The van der Waals surface area contributed by atoms with Crippen LogP contribution in [0.4, 0.5) is 5.13 Å². The molecule has 0 saturated heterocycles. The van der Waals surface area contributed by atoms with E-state index >= 15 is 0 Å². The van der Waals surface area contributed by atoms with E-state index in [4.69, 9.17) is 9.15 Å². The van der Waals surface area contributed by atoms with Gasteiger partial charge in [0.05, 0.1) is 25.7 Å². The SMILES string of the molecule is COc1cccc(CNC(=O)CSc2nnc(NCc3ccco3)s2)c1. The Labute approximate surface area is 159 Å². The van der Waals surface area contributed by atoms with Crippen LogP contribution in [0.5, 0.6) is 5.75 Å². The third kappa shape index (κ3) is 5.50. The van der Waals surface area contributed by atoms with Crippen LogP contribution in [0.2, 0.25) is 0 Å². The molecular weight excluding hydrogens is 372 g/mol. The second kappa shape index (κ2) is 9.25. The lowest BCUT2D eigenvalue weighted by molar-refractivity contribution is -0.118. The summed E-state index contributed by atoms with van der Waals surface area (Å²) in [7, 11) is 1.62. The first-order valence-electron chi connectivity index (χ1n) is 7.85. The quantitative estimate of drug-likeness (QED) is 0.543. The van der Waals surface area contributed by atoms with Gasteiger partial charge in [0.15, 0.2) is 4.34 Å². The number of aromatic nitrogens is 2. The monoisotopic (exact) mass is 390 g/mol. The van der Waals surface area contributed by atoms with Crippen LogP contribution in [0, 0.1) is 0 Å². The van der Waals surface area contributed by atoms with Gasteiger partial charge in [0.25, 0.3) is 0 Å². The number of nitrogens with zero attached hydrogens (tertiary/aromatic N) is 2. The maximum absolute atomic E-state index is 12.0. The molecular formula is C17H18N4O3S2. The Balaban J connectivity index is 1.40. The number of amides is 1. The predicted octanol–water partition coefficient (Wildman–Crippen LogP) is 3.16. The van der Waals surface area contributed by atoms with E-state index in [1.54, 1.807) is 13.4 Å². The highest BCUT2D eigenvalue weighted by Gasteiger charge is 2.09. The molecule has 3 aromatic rings. The number of anilines is 1. The van der Waals surface area contributed by atoms with Gasteiger partial charge in [-0.2, -0.15) is 0 Å². The van der Waals surface area contributed by atoms with Gasteiger partial charge in [-0.15, -0.1) is 10.2 Å². The number of rotatable bonds is 9. The molecule has 2 N–H and O–H groups in total. The number of hydrogen-bond donors (Lipinski definition) is 2. The van der Waals surface area contributed by atoms with Crippen molar-refractivity contribution in [2.75, 3.05) is 18.2 Å². The van der Waals surface area contributed by atoms with Gasteiger partial charge in [-0.1, -0.05) is 35.2 Å². The van der Waals surface area contributed by atoms with Crippen LogP contribution in [0.25, 0.3) is 0 Å². The molecule has 0 aliphatic carbocycles. The van der Waals surface area contributed by atoms with Crippen LogP contribution < -0.4 is 15.4 Å². The highest BCUT2D eigenvalue weighted by molar-refractivity contribution is 8.01. The van der Waals surface area contributed by atoms with Crippen molar-refractivity contribution in [3.05, 3.63) is 54.0 Å². The van der Waals surface area contributed by atoms with E-state index in [1.165, 1.54) is 23.1 Å². The van der Waals surface area contributed by atoms with Gasteiger partial charge in [0.2, 0.25) is 11.0 Å². The minimum Gasteiger partial charge on any atom is -0.497 e. The van der Waals surface area contributed by atoms with E-state index < -0.39 is 0 Å². The molecule has 7 nitrogen and oxygen atoms in total. The van der Waals surface area contributed by atoms with E-state index in [-0.39, 0.29) is 11.7 Å². The largest absolute Gasteiger partial charge is 0.497 e. The van der Waals surface area contributed by atoms with Crippen LogP contribution in [0.3, 0.4) is 0 Å². The van der Waals surface area contributed by atoms with Crippen LogP contribution in [0.15, 0.2) is 51.4 Å². The van der Waals surface area contributed by atoms with Gasteiger partial charge in [-0.05, 0) is 29.8 Å². The zero-order valence-electron chi connectivity index (χ0n) is 14.1. The fourth-order valence-corrected chi connectivity index (χ4v) is 3.65. The van der Waals surface area contributed by atoms with Gasteiger partial charge in [0.1, 0.15) is 11.5 Å². The summed E-state index contributed by atoms with van der Waals surface area (Å²) in [5, 5.41) is 14.8. The maximum atomic E-state index is 12.0. The van der Waals surface area contributed by atoms with Gasteiger partial charge >= 0.3 is 0 Å². The standard InChI is InChI=1S/C17H18N4O3S2/c1-23-13-5-2-4-12(8-13)9-18-15(22)11-25-17-21-20-16(26-17)19-10-14-6-3-7-24-14/h2-8H,9-11H2,1H3,(H,18,22)(H,19,20). The number of carbonyl (C=O) groups excluding carboxylic acids is 1. The Bertz CT molecular complexity index is 836. The lowest BCUT2D eigenvalue weighted by Crippen LogP contribution is -2.24. The number of methoxy groups -OCH3 is 1. The van der Waals surface area contributed by atoms with Gasteiger partial charge in [-0.3, -0.25) is 4.79 Å². The molecule has 0 aliphatic rings. The van der Waals surface area contributed by atoms with Crippen molar-refractivity contribution in [2.45, 2.75) is 17.4 Å². The molecule has 0 bridgehead atoms. The highest BCUT2D eigenvalue weighted by atomic mass is 32.2. The summed E-state index contributed by atoms with van der Waals surface area (Å²) < 4.78 is 11.2. The topological polar surface area (TPSA) is 89.3 Å². The summed E-state index contributed by atoms with van der Waals surface area (Å²) >= 11 is 2.77. The van der Waals surface area contributed by atoms with Crippen molar-refractivity contribution in [1.82, 2.24) is 15.5 Å². The molecule has 0 radical (unpaired) electrons. The first kappa shape index (κ1) is 18.3. The molecule has 0 aliphatic heterocycles. The van der Waals surface area contributed by atoms with Crippen molar-refractivity contribution in [3.8, 4) is 5.75 Å². The van der Waals surface area contributed by atoms with E-state index in [2.05, 4.69) is 20.8 Å². The number of carbonyl (C=O) groups is 1. The zero-order valence-corrected chi connectivity index (χ0v) is 15.7. The molecule has 2 aromatic heterocycles. The average molecular weight is 390 g/mol. The normalized spacial score (nSPS) is 10.5. The van der Waals surface area contributed by atoms with Crippen LogP contribution in [-0.4, -0.2) is 29.0 Å². The minimum atomic E-state index is -0.0573. The Hall–Kier alpha value is -2.52. The third-order valence-corrected chi connectivity index (χ3v) is 5.37. The van der Waals surface area contributed by atoms with Gasteiger partial charge < -0.3 is 19.8 Å². The zero-order chi connectivity index (χ0) is 18.2. The molecule has 136 valence electrons. The number of benzene rings is 1. The molecule has 9 heteroatoms. The lowest BCUT2D eigenvalue weighted by Gasteiger charge is -2.06. The molecule has 0 atom stereocenters. The summed E-state index contributed by atoms with van der Waals surface area (Å²) in [6.07, 6.45) is 1.63. The van der Waals surface area contributed by atoms with Crippen molar-refractivity contribution in [1.29, 1.82) is 0 Å². The van der Waals surface area contributed by atoms with E-state index in [1.807, 2.05) is 36.4 Å². The Morgan fingerprint density at radius 3 is 3.00 bits per heavy atom. The number of furan rings is 1.